The summed E-state index contributed by atoms with van der Waals surface area (Å²) < 4.78 is 11.5. The minimum atomic E-state index is -0.870. The first-order valence-electron chi connectivity index (χ1n) is 7.70. The van der Waals surface area contributed by atoms with Gasteiger partial charge in [0.15, 0.2) is 0 Å². The monoisotopic (exact) mass is 278 g/mol. The molecule has 1 aliphatic heterocycles. The third-order valence-corrected chi connectivity index (χ3v) is 5.58. The minimum absolute atomic E-state index is 0.0249. The molecule has 1 N–H and O–H groups in total. The van der Waals surface area contributed by atoms with E-state index >= 15 is 0 Å². The summed E-state index contributed by atoms with van der Waals surface area (Å²) in [5.41, 5.74) is 0.666. The predicted molar refractivity (Wildman–Crippen MR) is 77.9 cm³/mol. The second-order valence-corrected chi connectivity index (χ2v) is 7.24. The number of allylic oxidation sites excluding steroid dienone is 2. The maximum atomic E-state index is 11.3. The third kappa shape index (κ3) is 1.82. The highest BCUT2D eigenvalue weighted by molar-refractivity contribution is 5.34. The number of fused-ring (bicyclic) bond motifs is 2. The highest BCUT2D eigenvalue weighted by Gasteiger charge is 2.59. The molecular weight excluding hydrogens is 252 g/mol. The normalized spacial score (nSPS) is 39.4. The molecule has 1 saturated carbocycles. The molecular formula is C17H26O3. The van der Waals surface area contributed by atoms with Crippen LogP contribution in [0.4, 0.5) is 0 Å². The lowest BCUT2D eigenvalue weighted by molar-refractivity contribution is -0.120. The van der Waals surface area contributed by atoms with E-state index in [2.05, 4.69) is 26.8 Å². The number of ether oxygens (including phenoxy) is 2. The van der Waals surface area contributed by atoms with Crippen LogP contribution in [0.1, 0.15) is 46.5 Å². The highest BCUT2D eigenvalue weighted by atomic mass is 16.5. The SMILES string of the molecule is COC1=C(C)C2CC(O)(C3=CCCCO3)C1CC2(C)C. The van der Waals surface area contributed by atoms with Crippen molar-refractivity contribution >= 4 is 0 Å². The van der Waals surface area contributed by atoms with Crippen LogP contribution in [-0.4, -0.2) is 24.4 Å². The topological polar surface area (TPSA) is 38.7 Å². The number of rotatable bonds is 2. The van der Waals surface area contributed by atoms with Gasteiger partial charge in [-0.3, -0.25) is 0 Å². The van der Waals surface area contributed by atoms with Crippen molar-refractivity contribution in [3.63, 3.8) is 0 Å². The molecule has 3 nitrogen and oxygen atoms in total. The lowest BCUT2D eigenvalue weighted by atomic mass is 9.52. The van der Waals surface area contributed by atoms with Crippen molar-refractivity contribution in [2.75, 3.05) is 13.7 Å². The van der Waals surface area contributed by atoms with Crippen LogP contribution in [-0.2, 0) is 9.47 Å². The fourth-order valence-electron chi connectivity index (χ4n) is 4.50. The smallest absolute Gasteiger partial charge is 0.132 e. The summed E-state index contributed by atoms with van der Waals surface area (Å²) in [4.78, 5) is 0. The first-order valence-corrected chi connectivity index (χ1v) is 7.70. The summed E-state index contributed by atoms with van der Waals surface area (Å²) >= 11 is 0. The second kappa shape index (κ2) is 4.52. The van der Waals surface area contributed by atoms with Gasteiger partial charge in [0.25, 0.3) is 0 Å². The summed E-state index contributed by atoms with van der Waals surface area (Å²) in [6, 6.07) is 0. The second-order valence-electron chi connectivity index (χ2n) is 7.24. The Hall–Kier alpha value is -0.960. The summed E-state index contributed by atoms with van der Waals surface area (Å²) in [5, 5.41) is 11.3. The Morgan fingerprint density at radius 1 is 1.30 bits per heavy atom. The van der Waals surface area contributed by atoms with E-state index in [0.717, 1.165) is 43.8 Å². The van der Waals surface area contributed by atoms with E-state index in [1.807, 2.05) is 0 Å². The van der Waals surface area contributed by atoms with Gasteiger partial charge in [0.05, 0.1) is 19.6 Å². The van der Waals surface area contributed by atoms with Crippen LogP contribution in [0.3, 0.4) is 0 Å². The van der Waals surface area contributed by atoms with E-state index in [9.17, 15) is 5.11 Å². The molecule has 2 bridgehead atoms. The van der Waals surface area contributed by atoms with E-state index < -0.39 is 5.60 Å². The predicted octanol–water partition coefficient (Wildman–Crippen LogP) is 3.40. The first-order chi connectivity index (χ1) is 9.40. The Morgan fingerprint density at radius 3 is 2.65 bits per heavy atom. The van der Waals surface area contributed by atoms with E-state index in [1.54, 1.807) is 7.11 Å². The Morgan fingerprint density at radius 2 is 2.05 bits per heavy atom. The molecule has 112 valence electrons. The Bertz CT molecular complexity index is 475. The Balaban J connectivity index is 2.04. The van der Waals surface area contributed by atoms with Crippen molar-refractivity contribution in [1.82, 2.24) is 0 Å². The Kier molecular flexibility index (Phi) is 3.16. The molecule has 0 aromatic rings. The molecule has 0 aromatic carbocycles. The fraction of sp³-hybridized carbons (Fsp3) is 0.765. The van der Waals surface area contributed by atoms with E-state index in [1.165, 1.54) is 5.57 Å². The highest BCUT2D eigenvalue weighted by Crippen LogP contribution is 2.60. The maximum Gasteiger partial charge on any atom is 0.132 e. The van der Waals surface area contributed by atoms with Crippen molar-refractivity contribution in [3.05, 3.63) is 23.2 Å². The van der Waals surface area contributed by atoms with Gasteiger partial charge in [-0.05, 0) is 55.6 Å². The molecule has 0 saturated heterocycles. The van der Waals surface area contributed by atoms with Crippen molar-refractivity contribution < 1.29 is 14.6 Å². The van der Waals surface area contributed by atoms with Gasteiger partial charge in [-0.1, -0.05) is 13.8 Å². The molecule has 3 aliphatic carbocycles. The van der Waals surface area contributed by atoms with Crippen LogP contribution in [0, 0.1) is 17.3 Å². The van der Waals surface area contributed by atoms with E-state index in [-0.39, 0.29) is 11.3 Å². The lowest BCUT2D eigenvalue weighted by Gasteiger charge is -2.56. The lowest BCUT2D eigenvalue weighted by Crippen LogP contribution is -2.56. The molecule has 1 fully saturated rings. The Labute approximate surface area is 121 Å². The zero-order valence-electron chi connectivity index (χ0n) is 13.0. The molecule has 3 atom stereocenters. The molecule has 3 unspecified atom stereocenters. The van der Waals surface area contributed by atoms with Gasteiger partial charge >= 0.3 is 0 Å². The fourth-order valence-corrected chi connectivity index (χ4v) is 4.50. The first kappa shape index (κ1) is 14.0. The van der Waals surface area contributed by atoms with Gasteiger partial charge in [-0.15, -0.1) is 0 Å². The molecule has 20 heavy (non-hydrogen) atoms. The van der Waals surface area contributed by atoms with Crippen LogP contribution in [0.15, 0.2) is 23.2 Å². The molecule has 1 heterocycles. The quantitative estimate of drug-likeness (QED) is 0.841. The van der Waals surface area contributed by atoms with Gasteiger partial charge in [0.2, 0.25) is 0 Å². The largest absolute Gasteiger partial charge is 0.501 e. The summed E-state index contributed by atoms with van der Waals surface area (Å²) in [5.74, 6) is 2.16. The van der Waals surface area contributed by atoms with Crippen LogP contribution < -0.4 is 0 Å². The molecule has 3 heteroatoms. The van der Waals surface area contributed by atoms with Gasteiger partial charge in [0.1, 0.15) is 17.1 Å². The summed E-state index contributed by atoms with van der Waals surface area (Å²) in [6.45, 7) is 7.49. The van der Waals surface area contributed by atoms with Gasteiger partial charge < -0.3 is 14.6 Å². The average Bonchev–Trinajstić information content (AvgIpc) is 2.42. The summed E-state index contributed by atoms with van der Waals surface area (Å²) in [6.07, 6.45) is 5.85. The number of aliphatic hydroxyl groups is 1. The molecule has 0 amide bonds. The minimum Gasteiger partial charge on any atom is -0.501 e. The average molecular weight is 278 g/mol. The zero-order valence-corrected chi connectivity index (χ0v) is 13.0. The summed E-state index contributed by atoms with van der Waals surface area (Å²) in [7, 11) is 1.73. The zero-order chi connectivity index (χ0) is 14.5. The molecule has 4 rings (SSSR count). The van der Waals surface area contributed by atoms with Gasteiger partial charge in [-0.25, -0.2) is 0 Å². The van der Waals surface area contributed by atoms with Crippen molar-refractivity contribution in [3.8, 4) is 0 Å². The van der Waals surface area contributed by atoms with Gasteiger partial charge in [-0.2, -0.15) is 0 Å². The number of hydrogen-bond acceptors (Lipinski definition) is 3. The van der Waals surface area contributed by atoms with E-state index in [4.69, 9.17) is 9.47 Å². The van der Waals surface area contributed by atoms with E-state index in [0.29, 0.717) is 5.92 Å². The molecule has 0 aromatic heterocycles. The van der Waals surface area contributed by atoms with Crippen LogP contribution in [0.5, 0.6) is 0 Å². The van der Waals surface area contributed by atoms with Gasteiger partial charge in [0, 0.05) is 0 Å². The third-order valence-electron chi connectivity index (χ3n) is 5.58. The molecule has 4 aliphatic rings. The van der Waals surface area contributed by atoms with Crippen molar-refractivity contribution in [2.45, 2.75) is 52.1 Å². The standard InChI is InChI=1S/C17H26O3/c1-11-12-10-17(18,14-7-5-6-8-20-14)13(15(11)19-4)9-16(12,2)3/h7,12-13,18H,5-6,8-10H2,1-4H3. The van der Waals surface area contributed by atoms with Crippen LogP contribution >= 0.6 is 0 Å². The van der Waals surface area contributed by atoms with Crippen LogP contribution in [0.25, 0.3) is 0 Å². The molecule has 0 spiro atoms. The molecule has 0 radical (unpaired) electrons. The van der Waals surface area contributed by atoms with Crippen LogP contribution in [0.2, 0.25) is 0 Å². The number of hydrogen-bond donors (Lipinski definition) is 1. The van der Waals surface area contributed by atoms with Crippen molar-refractivity contribution in [1.29, 1.82) is 0 Å². The number of methoxy groups -OCH3 is 1. The van der Waals surface area contributed by atoms with Crippen molar-refractivity contribution in [2.24, 2.45) is 17.3 Å². The maximum absolute atomic E-state index is 11.3.